The summed E-state index contributed by atoms with van der Waals surface area (Å²) < 4.78 is 32.0. The first-order valence-corrected chi connectivity index (χ1v) is 11.0. The summed E-state index contributed by atoms with van der Waals surface area (Å²) in [6.07, 6.45) is 1.66. The summed E-state index contributed by atoms with van der Waals surface area (Å²) in [6, 6.07) is 15.0. The van der Waals surface area contributed by atoms with Gasteiger partial charge in [-0.05, 0) is 71.4 Å². The van der Waals surface area contributed by atoms with Crippen molar-refractivity contribution in [3.8, 4) is 5.69 Å². The maximum atomic E-state index is 12.9. The monoisotopic (exact) mass is 472 g/mol. The number of aromatic nitrogens is 3. The van der Waals surface area contributed by atoms with Gasteiger partial charge in [-0.2, -0.15) is 0 Å². The van der Waals surface area contributed by atoms with Gasteiger partial charge in [0.1, 0.15) is 4.47 Å². The third kappa shape index (κ3) is 3.36. The molecule has 7 nitrogen and oxygen atoms in total. The van der Waals surface area contributed by atoms with Crippen molar-refractivity contribution in [1.82, 2.24) is 14.3 Å². The molecule has 2 aromatic heterocycles. The predicted octanol–water partition coefficient (Wildman–Crippen LogP) is 3.60. The average molecular weight is 473 g/mol. The van der Waals surface area contributed by atoms with Crippen LogP contribution in [0.25, 0.3) is 16.6 Å². The van der Waals surface area contributed by atoms with E-state index in [2.05, 4.69) is 25.6 Å². The van der Waals surface area contributed by atoms with E-state index in [0.717, 1.165) is 5.69 Å². The van der Waals surface area contributed by atoms with E-state index in [-0.39, 0.29) is 10.5 Å². The van der Waals surface area contributed by atoms with Crippen molar-refractivity contribution in [3.05, 3.63) is 81.3 Å². The standard InChI is InChI=1S/C20H17BrN4O3S/c1-13-19(21)20(26)25(24(13)2)14-8-10-15(11-9-14)29(27,28)23-18-7-3-6-17-16(18)5-4-12-22-17/h3-12,23H,1-2H3. The molecule has 0 amide bonds. The summed E-state index contributed by atoms with van der Waals surface area (Å²) in [7, 11) is -2.04. The van der Waals surface area contributed by atoms with E-state index < -0.39 is 10.0 Å². The Bertz CT molecular complexity index is 1380. The second-order valence-electron chi connectivity index (χ2n) is 6.52. The number of pyridine rings is 1. The number of benzene rings is 2. The highest BCUT2D eigenvalue weighted by molar-refractivity contribution is 9.10. The van der Waals surface area contributed by atoms with Crippen LogP contribution in [0.3, 0.4) is 0 Å². The van der Waals surface area contributed by atoms with E-state index in [1.165, 1.54) is 16.8 Å². The van der Waals surface area contributed by atoms with Crippen LogP contribution >= 0.6 is 15.9 Å². The minimum Gasteiger partial charge on any atom is -0.284 e. The molecule has 29 heavy (non-hydrogen) atoms. The van der Waals surface area contributed by atoms with Crippen LogP contribution in [0.4, 0.5) is 5.69 Å². The second-order valence-corrected chi connectivity index (χ2v) is 8.99. The average Bonchev–Trinajstić information content (AvgIpc) is 2.91. The van der Waals surface area contributed by atoms with Crippen LogP contribution in [-0.2, 0) is 17.1 Å². The summed E-state index contributed by atoms with van der Waals surface area (Å²) >= 11 is 3.29. The van der Waals surface area contributed by atoms with Crippen molar-refractivity contribution in [3.63, 3.8) is 0 Å². The third-order valence-electron chi connectivity index (χ3n) is 4.76. The van der Waals surface area contributed by atoms with E-state index in [0.29, 0.717) is 26.8 Å². The second kappa shape index (κ2) is 7.16. The largest absolute Gasteiger partial charge is 0.285 e. The van der Waals surface area contributed by atoms with Crippen molar-refractivity contribution < 1.29 is 8.42 Å². The molecule has 0 saturated heterocycles. The van der Waals surface area contributed by atoms with Gasteiger partial charge in [0.05, 0.1) is 27.5 Å². The minimum atomic E-state index is -3.81. The van der Waals surface area contributed by atoms with Gasteiger partial charge in [-0.25, -0.2) is 13.1 Å². The molecule has 0 unspecified atom stereocenters. The van der Waals surface area contributed by atoms with E-state index in [9.17, 15) is 13.2 Å². The molecular weight excluding hydrogens is 456 g/mol. The lowest BCUT2D eigenvalue weighted by atomic mass is 10.2. The third-order valence-corrected chi connectivity index (χ3v) is 7.06. The first-order chi connectivity index (χ1) is 13.8. The molecule has 0 saturated carbocycles. The number of sulfonamides is 1. The summed E-state index contributed by atoms with van der Waals surface area (Å²) in [5.41, 5.74) is 2.30. The molecule has 2 aromatic carbocycles. The molecule has 0 aliphatic rings. The highest BCUT2D eigenvalue weighted by atomic mass is 79.9. The Labute approximate surface area is 175 Å². The van der Waals surface area contributed by atoms with Gasteiger partial charge in [0.2, 0.25) is 0 Å². The maximum Gasteiger partial charge on any atom is 0.285 e. The fourth-order valence-electron chi connectivity index (χ4n) is 3.13. The topological polar surface area (TPSA) is 86.0 Å². The van der Waals surface area contributed by atoms with E-state index >= 15 is 0 Å². The minimum absolute atomic E-state index is 0.0974. The Hall–Kier alpha value is -2.91. The van der Waals surface area contributed by atoms with Crippen LogP contribution in [0.2, 0.25) is 0 Å². The van der Waals surface area contributed by atoms with Gasteiger partial charge in [0.25, 0.3) is 15.6 Å². The zero-order valence-corrected chi connectivity index (χ0v) is 18.0. The number of nitrogens with zero attached hydrogens (tertiary/aromatic N) is 3. The lowest BCUT2D eigenvalue weighted by Crippen LogP contribution is -2.20. The van der Waals surface area contributed by atoms with Crippen molar-refractivity contribution in [2.45, 2.75) is 11.8 Å². The van der Waals surface area contributed by atoms with Crippen LogP contribution < -0.4 is 10.3 Å². The van der Waals surface area contributed by atoms with Crippen LogP contribution in [0.1, 0.15) is 5.69 Å². The number of hydrogen-bond donors (Lipinski definition) is 1. The first kappa shape index (κ1) is 19.4. The Morgan fingerprint density at radius 2 is 1.76 bits per heavy atom. The zero-order chi connectivity index (χ0) is 20.8. The SMILES string of the molecule is Cc1c(Br)c(=O)n(-c2ccc(S(=O)(=O)Nc3cccc4ncccc34)cc2)n1C. The molecule has 0 atom stereocenters. The number of hydrogen-bond acceptors (Lipinski definition) is 4. The molecule has 148 valence electrons. The van der Waals surface area contributed by atoms with Gasteiger partial charge < -0.3 is 0 Å². The molecule has 9 heteroatoms. The Kier molecular flexibility index (Phi) is 4.79. The van der Waals surface area contributed by atoms with E-state index in [4.69, 9.17) is 0 Å². The summed E-state index contributed by atoms with van der Waals surface area (Å²) in [6.45, 7) is 1.82. The lowest BCUT2D eigenvalue weighted by Gasteiger charge is -2.12. The van der Waals surface area contributed by atoms with Crippen LogP contribution in [-0.4, -0.2) is 22.8 Å². The van der Waals surface area contributed by atoms with Crippen LogP contribution in [0.5, 0.6) is 0 Å². The molecular formula is C20H17BrN4O3S. The Morgan fingerprint density at radius 1 is 1.03 bits per heavy atom. The Balaban J connectivity index is 1.70. The van der Waals surface area contributed by atoms with Gasteiger partial charge in [0.15, 0.2) is 0 Å². The molecule has 4 aromatic rings. The molecule has 0 fully saturated rings. The summed E-state index contributed by atoms with van der Waals surface area (Å²) in [5, 5.41) is 0.714. The first-order valence-electron chi connectivity index (χ1n) is 8.71. The highest BCUT2D eigenvalue weighted by Crippen LogP contribution is 2.25. The molecule has 0 aliphatic heterocycles. The lowest BCUT2D eigenvalue weighted by molar-refractivity contribution is 0.601. The smallest absolute Gasteiger partial charge is 0.284 e. The number of rotatable bonds is 4. The highest BCUT2D eigenvalue weighted by Gasteiger charge is 2.18. The Morgan fingerprint density at radius 3 is 2.41 bits per heavy atom. The normalized spacial score (nSPS) is 11.7. The van der Waals surface area contributed by atoms with Crippen LogP contribution in [0, 0.1) is 6.92 Å². The van der Waals surface area contributed by atoms with Gasteiger partial charge in [-0.15, -0.1) is 0 Å². The zero-order valence-electron chi connectivity index (χ0n) is 15.6. The van der Waals surface area contributed by atoms with Crippen molar-refractivity contribution >= 4 is 42.5 Å². The number of anilines is 1. The van der Waals surface area contributed by atoms with Crippen molar-refractivity contribution in [1.29, 1.82) is 0 Å². The van der Waals surface area contributed by atoms with Gasteiger partial charge in [0, 0.05) is 18.6 Å². The molecule has 0 spiro atoms. The molecule has 0 radical (unpaired) electrons. The summed E-state index contributed by atoms with van der Waals surface area (Å²) in [5.74, 6) is 0. The quantitative estimate of drug-likeness (QED) is 0.491. The number of nitrogens with one attached hydrogen (secondary N) is 1. The predicted molar refractivity (Wildman–Crippen MR) is 116 cm³/mol. The van der Waals surface area contributed by atoms with Gasteiger partial charge >= 0.3 is 0 Å². The molecule has 2 heterocycles. The maximum absolute atomic E-state index is 12.9. The van der Waals surface area contributed by atoms with Crippen molar-refractivity contribution in [2.75, 3.05) is 4.72 Å². The van der Waals surface area contributed by atoms with E-state index in [1.54, 1.807) is 48.3 Å². The fourth-order valence-corrected chi connectivity index (χ4v) is 4.63. The van der Waals surface area contributed by atoms with Gasteiger partial charge in [-0.3, -0.25) is 19.2 Å². The summed E-state index contributed by atoms with van der Waals surface area (Å²) in [4.78, 5) is 16.8. The van der Waals surface area contributed by atoms with E-state index in [1.807, 2.05) is 19.1 Å². The molecule has 4 rings (SSSR count). The number of fused-ring (bicyclic) bond motifs is 1. The van der Waals surface area contributed by atoms with Gasteiger partial charge in [-0.1, -0.05) is 6.07 Å². The molecule has 1 N–H and O–H groups in total. The van der Waals surface area contributed by atoms with Crippen molar-refractivity contribution in [2.24, 2.45) is 7.05 Å². The molecule has 0 bridgehead atoms. The molecule has 0 aliphatic carbocycles. The number of halogens is 1. The fraction of sp³-hybridized carbons (Fsp3) is 0.100. The van der Waals surface area contributed by atoms with Crippen LogP contribution in [0.15, 0.2) is 75.0 Å².